The van der Waals surface area contributed by atoms with Gasteiger partial charge >= 0.3 is 13.8 Å². The fourth-order valence-corrected chi connectivity index (χ4v) is 3.93. The first-order valence-electron chi connectivity index (χ1n) is 6.66. The SMILES string of the molecule is CC1C2CC(C(=O)OCCOP(=O)(O)O)C(C2)C1C. The molecule has 5 unspecified atom stereocenters. The maximum atomic E-state index is 11.9. The molecule has 6 nitrogen and oxygen atoms in total. The fourth-order valence-electron chi connectivity index (χ4n) is 3.62. The highest BCUT2D eigenvalue weighted by Gasteiger charge is 2.51. The molecule has 0 aliphatic heterocycles. The van der Waals surface area contributed by atoms with Crippen LogP contribution in [0.25, 0.3) is 0 Å². The summed E-state index contributed by atoms with van der Waals surface area (Å²) < 4.78 is 19.7. The summed E-state index contributed by atoms with van der Waals surface area (Å²) in [5.74, 6) is 1.93. The molecule has 2 N–H and O–H groups in total. The van der Waals surface area contributed by atoms with Crippen LogP contribution in [0.15, 0.2) is 0 Å². The van der Waals surface area contributed by atoms with Gasteiger partial charge in [-0.15, -0.1) is 0 Å². The van der Waals surface area contributed by atoms with Crippen molar-refractivity contribution in [2.75, 3.05) is 13.2 Å². The zero-order valence-corrected chi connectivity index (χ0v) is 12.1. The van der Waals surface area contributed by atoms with Gasteiger partial charge in [-0.05, 0) is 36.5 Å². The third-order valence-corrected chi connectivity index (χ3v) is 5.31. The number of hydrogen-bond donors (Lipinski definition) is 2. The van der Waals surface area contributed by atoms with Crippen molar-refractivity contribution in [3.63, 3.8) is 0 Å². The van der Waals surface area contributed by atoms with Crippen LogP contribution in [0.4, 0.5) is 0 Å². The van der Waals surface area contributed by atoms with E-state index in [1.165, 1.54) is 0 Å². The van der Waals surface area contributed by atoms with E-state index >= 15 is 0 Å². The number of ether oxygens (including phenoxy) is 1. The Kier molecular flexibility index (Phi) is 4.35. The average molecular weight is 292 g/mol. The summed E-state index contributed by atoms with van der Waals surface area (Å²) in [5, 5.41) is 0. The first-order chi connectivity index (χ1) is 8.79. The van der Waals surface area contributed by atoms with Gasteiger partial charge in [0.15, 0.2) is 0 Å². The average Bonchev–Trinajstić information content (AvgIpc) is 2.85. The molecule has 2 saturated carbocycles. The second-order valence-electron chi connectivity index (χ2n) is 5.71. The topological polar surface area (TPSA) is 93.1 Å². The Morgan fingerprint density at radius 1 is 1.21 bits per heavy atom. The molecule has 110 valence electrons. The van der Waals surface area contributed by atoms with E-state index in [2.05, 4.69) is 18.4 Å². The molecule has 2 aliphatic rings. The molecular formula is C12H21O6P. The van der Waals surface area contributed by atoms with Crippen molar-refractivity contribution in [1.82, 2.24) is 0 Å². The lowest BCUT2D eigenvalue weighted by Gasteiger charge is -2.30. The zero-order valence-electron chi connectivity index (χ0n) is 11.2. The smallest absolute Gasteiger partial charge is 0.463 e. The standard InChI is InChI=1S/C12H21O6P/c1-7-8(2)10-5-9(7)6-11(10)12(13)17-3-4-18-19(14,15)16/h7-11H,3-6H2,1-2H3,(H2,14,15,16). The van der Waals surface area contributed by atoms with Crippen LogP contribution in [0, 0.1) is 29.6 Å². The van der Waals surface area contributed by atoms with Crippen molar-refractivity contribution >= 4 is 13.8 Å². The Balaban J connectivity index is 1.75. The van der Waals surface area contributed by atoms with Crippen molar-refractivity contribution in [3.8, 4) is 0 Å². The highest BCUT2D eigenvalue weighted by atomic mass is 31.2. The van der Waals surface area contributed by atoms with Crippen molar-refractivity contribution < 1.29 is 28.4 Å². The Bertz CT molecular complexity index is 390. The molecule has 5 atom stereocenters. The van der Waals surface area contributed by atoms with Crippen molar-refractivity contribution in [1.29, 1.82) is 0 Å². The van der Waals surface area contributed by atoms with E-state index in [9.17, 15) is 9.36 Å². The Hall–Kier alpha value is -0.420. The van der Waals surface area contributed by atoms with Crippen LogP contribution in [-0.4, -0.2) is 29.0 Å². The summed E-state index contributed by atoms with van der Waals surface area (Å²) in [7, 11) is -4.47. The molecule has 0 amide bonds. The number of hydrogen-bond acceptors (Lipinski definition) is 4. The molecule has 2 rings (SSSR count). The minimum absolute atomic E-state index is 0.0498. The van der Waals surface area contributed by atoms with Crippen LogP contribution in [0.5, 0.6) is 0 Å². The third kappa shape index (κ3) is 3.37. The minimum atomic E-state index is -4.47. The van der Waals surface area contributed by atoms with E-state index in [4.69, 9.17) is 14.5 Å². The lowest BCUT2D eigenvalue weighted by Crippen LogP contribution is -2.31. The molecule has 0 heterocycles. The van der Waals surface area contributed by atoms with E-state index in [1.807, 2.05) is 0 Å². The molecule has 2 aliphatic carbocycles. The second kappa shape index (κ2) is 5.52. The lowest BCUT2D eigenvalue weighted by molar-refractivity contribution is -0.152. The molecule has 2 bridgehead atoms. The number of fused-ring (bicyclic) bond motifs is 2. The van der Waals surface area contributed by atoms with Crippen molar-refractivity contribution in [3.05, 3.63) is 0 Å². The zero-order chi connectivity index (χ0) is 14.2. The molecule has 0 aromatic heterocycles. The largest absolute Gasteiger partial charge is 0.469 e. The third-order valence-electron chi connectivity index (χ3n) is 4.79. The fraction of sp³-hybridized carbons (Fsp3) is 0.917. The minimum Gasteiger partial charge on any atom is -0.463 e. The van der Waals surface area contributed by atoms with Crippen LogP contribution in [-0.2, 0) is 18.6 Å². The summed E-state index contributed by atoms with van der Waals surface area (Å²) >= 11 is 0. The summed E-state index contributed by atoms with van der Waals surface area (Å²) in [5.41, 5.74) is 0. The highest BCUT2D eigenvalue weighted by Crippen LogP contribution is 2.55. The first-order valence-corrected chi connectivity index (χ1v) is 8.19. The maximum Gasteiger partial charge on any atom is 0.469 e. The van der Waals surface area contributed by atoms with Crippen molar-refractivity contribution in [2.45, 2.75) is 26.7 Å². The predicted octanol–water partition coefficient (Wildman–Crippen LogP) is 1.57. The number of phosphoric acid groups is 1. The Labute approximate surface area is 112 Å². The Morgan fingerprint density at radius 2 is 1.89 bits per heavy atom. The normalized spacial score (nSPS) is 37.6. The van der Waals surface area contributed by atoms with E-state index in [0.717, 1.165) is 12.8 Å². The molecule has 2 fully saturated rings. The summed E-state index contributed by atoms with van der Waals surface area (Å²) in [4.78, 5) is 28.9. The van der Waals surface area contributed by atoms with E-state index in [1.54, 1.807) is 0 Å². The number of esters is 1. The molecule has 0 saturated heterocycles. The van der Waals surface area contributed by atoms with Gasteiger partial charge < -0.3 is 14.5 Å². The van der Waals surface area contributed by atoms with Gasteiger partial charge in [0.05, 0.1) is 12.5 Å². The first kappa shape index (κ1) is 15.0. The molecule has 0 radical (unpaired) electrons. The Morgan fingerprint density at radius 3 is 2.42 bits per heavy atom. The highest BCUT2D eigenvalue weighted by molar-refractivity contribution is 7.46. The lowest BCUT2D eigenvalue weighted by atomic mass is 9.76. The van der Waals surface area contributed by atoms with Gasteiger partial charge in [0.1, 0.15) is 6.61 Å². The molecule has 0 spiro atoms. The van der Waals surface area contributed by atoms with Crippen LogP contribution >= 0.6 is 7.82 Å². The maximum absolute atomic E-state index is 11.9. The van der Waals surface area contributed by atoms with E-state index < -0.39 is 7.82 Å². The summed E-state index contributed by atoms with van der Waals surface area (Å²) in [6.07, 6.45) is 1.98. The van der Waals surface area contributed by atoms with Gasteiger partial charge in [-0.2, -0.15) is 0 Å². The van der Waals surface area contributed by atoms with Crippen LogP contribution in [0.2, 0.25) is 0 Å². The summed E-state index contributed by atoms with van der Waals surface area (Å²) in [6, 6.07) is 0. The number of carbonyl (C=O) groups is 1. The van der Waals surface area contributed by atoms with E-state index in [0.29, 0.717) is 23.7 Å². The second-order valence-corrected chi connectivity index (χ2v) is 6.95. The monoisotopic (exact) mass is 292 g/mol. The van der Waals surface area contributed by atoms with Crippen LogP contribution in [0.3, 0.4) is 0 Å². The van der Waals surface area contributed by atoms with Gasteiger partial charge in [0.25, 0.3) is 0 Å². The van der Waals surface area contributed by atoms with Gasteiger partial charge in [-0.25, -0.2) is 4.57 Å². The van der Waals surface area contributed by atoms with Gasteiger partial charge in [0.2, 0.25) is 0 Å². The summed E-state index contributed by atoms with van der Waals surface area (Å²) in [6.45, 7) is 4.04. The quantitative estimate of drug-likeness (QED) is 0.454. The number of rotatable bonds is 5. The van der Waals surface area contributed by atoms with Crippen molar-refractivity contribution in [2.24, 2.45) is 29.6 Å². The van der Waals surface area contributed by atoms with Gasteiger partial charge in [0, 0.05) is 0 Å². The number of phosphoric ester groups is 1. The molecular weight excluding hydrogens is 271 g/mol. The van der Waals surface area contributed by atoms with Gasteiger partial charge in [-0.1, -0.05) is 13.8 Å². The van der Waals surface area contributed by atoms with Gasteiger partial charge in [-0.3, -0.25) is 9.32 Å². The van der Waals surface area contributed by atoms with Crippen LogP contribution < -0.4 is 0 Å². The molecule has 19 heavy (non-hydrogen) atoms. The predicted molar refractivity (Wildman–Crippen MR) is 67.0 cm³/mol. The van der Waals surface area contributed by atoms with E-state index in [-0.39, 0.29) is 25.1 Å². The molecule has 0 aromatic carbocycles. The number of carbonyl (C=O) groups excluding carboxylic acids is 1. The van der Waals surface area contributed by atoms with Crippen LogP contribution in [0.1, 0.15) is 26.7 Å². The molecule has 7 heteroatoms. The molecule has 0 aromatic rings.